The van der Waals surface area contributed by atoms with E-state index >= 15 is 0 Å². The van der Waals surface area contributed by atoms with Crippen LogP contribution in [-0.4, -0.2) is 46.6 Å². The Bertz CT molecular complexity index is 773. The van der Waals surface area contributed by atoms with E-state index in [1.165, 1.54) is 5.56 Å². The van der Waals surface area contributed by atoms with Gasteiger partial charge in [0, 0.05) is 13.5 Å². The molecular formula is C22H34N2O3Si. The number of nitrogens with zero attached hydrogens (tertiary/aromatic N) is 1. The number of para-hydroxylation sites is 1. The molecule has 4 rings (SSSR count). The van der Waals surface area contributed by atoms with Crippen LogP contribution in [0.3, 0.4) is 0 Å². The van der Waals surface area contributed by atoms with Gasteiger partial charge in [0.2, 0.25) is 0 Å². The second kappa shape index (κ2) is 6.85. The smallest absolute Gasteiger partial charge is 0.192 e. The van der Waals surface area contributed by atoms with Gasteiger partial charge >= 0.3 is 0 Å². The highest BCUT2D eigenvalue weighted by molar-refractivity contribution is 6.73. The summed E-state index contributed by atoms with van der Waals surface area (Å²) in [4.78, 5) is 15.6. The summed E-state index contributed by atoms with van der Waals surface area (Å²) >= 11 is 0. The van der Waals surface area contributed by atoms with Crippen molar-refractivity contribution in [2.75, 3.05) is 25.6 Å². The van der Waals surface area contributed by atoms with Crippen LogP contribution in [0.15, 0.2) is 18.2 Å². The van der Waals surface area contributed by atoms with Gasteiger partial charge in [-0.15, -0.1) is 0 Å². The zero-order valence-electron chi connectivity index (χ0n) is 17.9. The maximum atomic E-state index is 13.5. The number of hydrogen-bond acceptors (Lipinski definition) is 5. The Hall–Kier alpha value is -1.37. The quantitative estimate of drug-likeness (QED) is 0.733. The maximum absolute atomic E-state index is 13.5. The Kier molecular flexibility index (Phi) is 4.88. The number of rotatable bonds is 6. The van der Waals surface area contributed by atoms with Crippen LogP contribution in [0.1, 0.15) is 45.6 Å². The van der Waals surface area contributed by atoms with E-state index in [0.29, 0.717) is 12.2 Å². The molecule has 6 heteroatoms. The summed E-state index contributed by atoms with van der Waals surface area (Å²) in [6.45, 7) is 7.68. The van der Waals surface area contributed by atoms with Crippen molar-refractivity contribution in [3.63, 3.8) is 0 Å². The molecule has 1 aromatic carbocycles. The lowest BCUT2D eigenvalue weighted by molar-refractivity contribution is -0.133. The van der Waals surface area contributed by atoms with Crippen molar-refractivity contribution >= 4 is 19.8 Å². The zero-order valence-corrected chi connectivity index (χ0v) is 18.9. The van der Waals surface area contributed by atoms with Crippen molar-refractivity contribution in [3.8, 4) is 5.75 Å². The lowest BCUT2D eigenvalue weighted by atomic mass is 9.62. The molecule has 1 saturated heterocycles. The number of Topliss-reactive ketones (excluding diaryl/α,β-unsaturated/α-hetero) is 1. The monoisotopic (exact) mass is 402 g/mol. The van der Waals surface area contributed by atoms with Crippen LogP contribution in [0, 0.1) is 0 Å². The fourth-order valence-electron chi connectivity index (χ4n) is 6.34. The SMILES string of the molecule is CC[Si](CC)(CC)O[C@@H]1CCC(=O)[C@@]23NCC[C@@]12c1cccc(OC)c1N3C. The van der Waals surface area contributed by atoms with Crippen molar-refractivity contribution in [2.45, 2.75) is 75.3 Å². The molecule has 0 bridgehead atoms. The van der Waals surface area contributed by atoms with Gasteiger partial charge in [0.1, 0.15) is 5.75 Å². The molecule has 0 amide bonds. The molecule has 3 atom stereocenters. The van der Waals surface area contributed by atoms with E-state index in [2.05, 4.69) is 43.1 Å². The molecule has 28 heavy (non-hydrogen) atoms. The predicted molar refractivity (Wildman–Crippen MR) is 115 cm³/mol. The summed E-state index contributed by atoms with van der Waals surface area (Å²) in [7, 11) is 1.95. The number of anilines is 1. The molecule has 0 unspecified atom stereocenters. The first-order valence-electron chi connectivity index (χ1n) is 10.8. The summed E-state index contributed by atoms with van der Waals surface area (Å²) in [5.41, 5.74) is 1.24. The topological polar surface area (TPSA) is 50.8 Å². The van der Waals surface area contributed by atoms with Gasteiger partial charge in [0.25, 0.3) is 0 Å². The van der Waals surface area contributed by atoms with E-state index < -0.39 is 14.0 Å². The molecule has 2 heterocycles. The molecule has 5 nitrogen and oxygen atoms in total. The molecule has 154 valence electrons. The minimum absolute atomic E-state index is 0.0718. The number of ether oxygens (including phenoxy) is 1. The average Bonchev–Trinajstić information content (AvgIpc) is 3.24. The first kappa shape index (κ1) is 19.9. The molecule has 1 saturated carbocycles. The summed E-state index contributed by atoms with van der Waals surface area (Å²) in [6, 6.07) is 9.64. The molecule has 1 N–H and O–H groups in total. The molecule has 1 aromatic rings. The third-order valence-corrected chi connectivity index (χ3v) is 12.6. The zero-order chi connectivity index (χ0) is 20.2. The standard InChI is InChI=1S/C22H34N2O3Si/c1-6-28(7-2,8-3)27-19-13-12-18(25)22-21(19,14-15-23-22)16-10-9-11-17(26-5)20(16)24(22)4/h9-11,19,23H,6-8,12-15H2,1-5H3/t19-,21-,22+/m1/s1. The summed E-state index contributed by atoms with van der Waals surface area (Å²) in [5.74, 6) is 1.13. The summed E-state index contributed by atoms with van der Waals surface area (Å²) in [6.07, 6.45) is 2.39. The predicted octanol–water partition coefficient (Wildman–Crippen LogP) is 3.83. The van der Waals surface area contributed by atoms with Gasteiger partial charge in [-0.05, 0) is 49.1 Å². The number of nitrogens with one attached hydrogen (secondary N) is 1. The van der Waals surface area contributed by atoms with E-state index in [9.17, 15) is 4.79 Å². The van der Waals surface area contributed by atoms with Crippen LogP contribution < -0.4 is 15.0 Å². The number of ketones is 1. The Balaban J connectivity index is 1.92. The van der Waals surface area contributed by atoms with Crippen molar-refractivity contribution in [2.24, 2.45) is 0 Å². The Morgan fingerprint density at radius 3 is 2.61 bits per heavy atom. The second-order valence-electron chi connectivity index (χ2n) is 8.59. The van der Waals surface area contributed by atoms with E-state index in [1.807, 2.05) is 13.1 Å². The fourth-order valence-corrected chi connectivity index (χ4v) is 9.26. The van der Waals surface area contributed by atoms with Crippen molar-refractivity contribution in [3.05, 3.63) is 23.8 Å². The van der Waals surface area contributed by atoms with Crippen LogP contribution in [0.2, 0.25) is 18.1 Å². The number of likely N-dealkylation sites (N-methyl/N-ethyl adjacent to an activating group) is 1. The third-order valence-electron chi connectivity index (χ3n) is 8.00. The van der Waals surface area contributed by atoms with Crippen LogP contribution >= 0.6 is 0 Å². The largest absolute Gasteiger partial charge is 0.495 e. The number of methoxy groups -OCH3 is 1. The van der Waals surface area contributed by atoms with Crippen LogP contribution in [-0.2, 0) is 14.6 Å². The van der Waals surface area contributed by atoms with Gasteiger partial charge < -0.3 is 14.1 Å². The molecule has 1 aliphatic carbocycles. The normalized spacial score (nSPS) is 31.5. The van der Waals surface area contributed by atoms with Gasteiger partial charge in [0.15, 0.2) is 19.8 Å². The number of fused-ring (bicyclic) bond motifs is 1. The van der Waals surface area contributed by atoms with Crippen molar-refractivity contribution in [1.82, 2.24) is 5.32 Å². The highest BCUT2D eigenvalue weighted by Gasteiger charge is 2.72. The molecule has 0 aromatic heterocycles. The minimum atomic E-state index is -1.81. The van der Waals surface area contributed by atoms with Crippen LogP contribution in [0.4, 0.5) is 5.69 Å². The van der Waals surface area contributed by atoms with E-state index in [4.69, 9.17) is 9.16 Å². The molecule has 2 fully saturated rings. The lowest BCUT2D eigenvalue weighted by Crippen LogP contribution is -2.72. The first-order chi connectivity index (χ1) is 13.5. The van der Waals surface area contributed by atoms with Crippen LogP contribution in [0.5, 0.6) is 5.75 Å². The highest BCUT2D eigenvalue weighted by Crippen LogP contribution is 2.62. The minimum Gasteiger partial charge on any atom is -0.495 e. The summed E-state index contributed by atoms with van der Waals surface area (Å²) < 4.78 is 12.9. The second-order valence-corrected chi connectivity index (χ2v) is 13.3. The fraction of sp³-hybridized carbons (Fsp3) is 0.682. The van der Waals surface area contributed by atoms with Crippen molar-refractivity contribution < 1.29 is 14.0 Å². The number of carbonyl (C=O) groups is 1. The Morgan fingerprint density at radius 1 is 1.25 bits per heavy atom. The molecular weight excluding hydrogens is 368 g/mol. The lowest BCUT2D eigenvalue weighted by Gasteiger charge is -2.52. The van der Waals surface area contributed by atoms with E-state index in [-0.39, 0.29) is 11.5 Å². The van der Waals surface area contributed by atoms with Gasteiger partial charge in [-0.25, -0.2) is 0 Å². The third kappa shape index (κ3) is 2.22. The maximum Gasteiger partial charge on any atom is 0.192 e. The molecule has 3 aliphatic rings. The highest BCUT2D eigenvalue weighted by atomic mass is 28.4. The van der Waals surface area contributed by atoms with Crippen LogP contribution in [0.25, 0.3) is 0 Å². The number of benzene rings is 1. The number of hydrogen-bond donors (Lipinski definition) is 1. The molecule has 0 spiro atoms. The Labute approximate surface area is 169 Å². The first-order valence-corrected chi connectivity index (χ1v) is 13.4. The molecule has 2 aliphatic heterocycles. The Morgan fingerprint density at radius 2 is 1.96 bits per heavy atom. The molecule has 0 radical (unpaired) electrons. The summed E-state index contributed by atoms with van der Waals surface area (Å²) in [5, 5.41) is 3.65. The van der Waals surface area contributed by atoms with Gasteiger partial charge in [-0.3, -0.25) is 10.1 Å². The van der Waals surface area contributed by atoms with E-state index in [1.54, 1.807) is 7.11 Å². The van der Waals surface area contributed by atoms with Gasteiger partial charge in [-0.2, -0.15) is 0 Å². The van der Waals surface area contributed by atoms with Gasteiger partial charge in [-0.1, -0.05) is 32.9 Å². The van der Waals surface area contributed by atoms with Gasteiger partial charge in [0.05, 0.1) is 24.3 Å². The van der Waals surface area contributed by atoms with E-state index in [0.717, 1.165) is 49.0 Å². The number of carbonyl (C=O) groups excluding carboxylic acids is 1. The average molecular weight is 403 g/mol. The van der Waals surface area contributed by atoms with Crippen molar-refractivity contribution in [1.29, 1.82) is 0 Å².